The lowest BCUT2D eigenvalue weighted by Crippen LogP contribution is -2.15. The summed E-state index contributed by atoms with van der Waals surface area (Å²) >= 11 is 0. The van der Waals surface area contributed by atoms with E-state index in [4.69, 9.17) is 9.47 Å². The van der Waals surface area contributed by atoms with Gasteiger partial charge < -0.3 is 9.47 Å². The highest BCUT2D eigenvalue weighted by molar-refractivity contribution is 7.93. The molecule has 0 aliphatic carbocycles. The number of fused-ring (bicyclic) bond motifs is 1. The quantitative estimate of drug-likeness (QED) is 0.868. The van der Waals surface area contributed by atoms with Crippen LogP contribution in [0.2, 0.25) is 0 Å². The summed E-state index contributed by atoms with van der Waals surface area (Å²) in [4.78, 5) is -0.132. The summed E-state index contributed by atoms with van der Waals surface area (Å²) in [5.41, 5.74) is -0.00267. The van der Waals surface area contributed by atoms with E-state index in [0.717, 1.165) is 6.26 Å². The summed E-state index contributed by atoms with van der Waals surface area (Å²) in [6.45, 7) is 0.930. The zero-order chi connectivity index (χ0) is 18.1. The van der Waals surface area contributed by atoms with Crippen molar-refractivity contribution < 1.29 is 26.3 Å². The molecular formula is C16H17NO6S2. The first-order valence-electron chi connectivity index (χ1n) is 7.49. The summed E-state index contributed by atoms with van der Waals surface area (Å²) in [5.74, 6) is 0.824. The van der Waals surface area contributed by atoms with Crippen molar-refractivity contribution in [2.45, 2.75) is 16.2 Å². The summed E-state index contributed by atoms with van der Waals surface area (Å²) in [5, 5.41) is 0. The van der Waals surface area contributed by atoms with Crippen LogP contribution in [0.4, 0.5) is 5.69 Å². The van der Waals surface area contributed by atoms with Gasteiger partial charge in [-0.2, -0.15) is 0 Å². The van der Waals surface area contributed by atoms with Crippen LogP contribution in [0.25, 0.3) is 0 Å². The van der Waals surface area contributed by atoms with E-state index in [1.807, 2.05) is 0 Å². The summed E-state index contributed by atoms with van der Waals surface area (Å²) in [7, 11) is -7.57. The molecule has 1 N–H and O–H groups in total. The van der Waals surface area contributed by atoms with Gasteiger partial charge in [0.2, 0.25) is 0 Å². The number of para-hydroxylation sites is 1. The molecule has 0 radical (unpaired) electrons. The molecule has 0 spiro atoms. The number of rotatable bonds is 4. The van der Waals surface area contributed by atoms with E-state index in [9.17, 15) is 16.8 Å². The van der Waals surface area contributed by atoms with Crippen LogP contribution in [0, 0.1) is 0 Å². The number of ether oxygens (including phenoxy) is 2. The number of sulfonamides is 1. The molecule has 1 aliphatic rings. The highest BCUT2D eigenvalue weighted by Crippen LogP contribution is 2.33. The van der Waals surface area contributed by atoms with E-state index in [0.29, 0.717) is 31.1 Å². The molecule has 0 atom stereocenters. The van der Waals surface area contributed by atoms with Crippen LogP contribution >= 0.6 is 0 Å². The molecule has 2 aromatic carbocycles. The molecule has 134 valence electrons. The second-order valence-electron chi connectivity index (χ2n) is 5.53. The fourth-order valence-electron chi connectivity index (χ4n) is 2.39. The molecule has 2 aromatic rings. The monoisotopic (exact) mass is 383 g/mol. The summed E-state index contributed by atoms with van der Waals surface area (Å²) < 4.78 is 62.3. The Balaban J connectivity index is 1.98. The Labute approximate surface area is 146 Å². The van der Waals surface area contributed by atoms with Gasteiger partial charge in [-0.05, 0) is 24.3 Å². The fourth-order valence-corrected chi connectivity index (χ4v) is 4.39. The lowest BCUT2D eigenvalue weighted by molar-refractivity contribution is 0.297. The highest BCUT2D eigenvalue weighted by Gasteiger charge is 2.22. The molecule has 0 saturated heterocycles. The Kier molecular flexibility index (Phi) is 4.61. The molecular weight excluding hydrogens is 366 g/mol. The minimum Gasteiger partial charge on any atom is -0.490 e. The predicted octanol–water partition coefficient (Wildman–Crippen LogP) is 2.05. The Morgan fingerprint density at radius 3 is 2.32 bits per heavy atom. The molecule has 0 saturated carbocycles. The second kappa shape index (κ2) is 6.57. The minimum atomic E-state index is -3.99. The van der Waals surface area contributed by atoms with Crippen molar-refractivity contribution in [1.82, 2.24) is 0 Å². The summed E-state index contributed by atoms with van der Waals surface area (Å²) in [6, 6.07) is 10.1. The summed E-state index contributed by atoms with van der Waals surface area (Å²) in [6.07, 6.45) is 1.73. The maximum absolute atomic E-state index is 12.7. The highest BCUT2D eigenvalue weighted by atomic mass is 32.2. The number of nitrogens with one attached hydrogen (secondary N) is 1. The molecule has 3 rings (SSSR count). The first kappa shape index (κ1) is 17.6. The Morgan fingerprint density at radius 1 is 0.920 bits per heavy atom. The van der Waals surface area contributed by atoms with Gasteiger partial charge in [0, 0.05) is 18.7 Å². The third-order valence-electron chi connectivity index (χ3n) is 3.56. The average molecular weight is 383 g/mol. The molecule has 25 heavy (non-hydrogen) atoms. The number of anilines is 1. The topological polar surface area (TPSA) is 98.8 Å². The SMILES string of the molecule is CS(=O)(=O)c1ccccc1NS(=O)(=O)c1ccc2c(c1)OCCCO2. The average Bonchev–Trinajstić information content (AvgIpc) is 2.78. The zero-order valence-electron chi connectivity index (χ0n) is 13.4. The first-order valence-corrected chi connectivity index (χ1v) is 10.9. The van der Waals surface area contributed by atoms with Crippen molar-refractivity contribution in [3.8, 4) is 11.5 Å². The number of benzene rings is 2. The van der Waals surface area contributed by atoms with Crippen molar-refractivity contribution in [3.63, 3.8) is 0 Å². The van der Waals surface area contributed by atoms with Gasteiger partial charge in [-0.25, -0.2) is 16.8 Å². The molecule has 7 nitrogen and oxygen atoms in total. The maximum atomic E-state index is 12.7. The molecule has 9 heteroatoms. The van der Waals surface area contributed by atoms with Crippen molar-refractivity contribution in [1.29, 1.82) is 0 Å². The van der Waals surface area contributed by atoms with E-state index < -0.39 is 19.9 Å². The van der Waals surface area contributed by atoms with E-state index in [2.05, 4.69) is 4.72 Å². The zero-order valence-corrected chi connectivity index (χ0v) is 15.1. The predicted molar refractivity (Wildman–Crippen MR) is 92.4 cm³/mol. The van der Waals surface area contributed by atoms with Crippen LogP contribution in [0.5, 0.6) is 11.5 Å². The Hall–Kier alpha value is -2.26. The van der Waals surface area contributed by atoms with E-state index in [1.165, 1.54) is 36.4 Å². The molecule has 0 bridgehead atoms. The first-order chi connectivity index (χ1) is 11.8. The maximum Gasteiger partial charge on any atom is 0.262 e. The lowest BCUT2D eigenvalue weighted by Gasteiger charge is -2.13. The van der Waals surface area contributed by atoms with Gasteiger partial charge in [0.05, 0.1) is 28.7 Å². The van der Waals surface area contributed by atoms with Crippen molar-refractivity contribution in [2.75, 3.05) is 24.2 Å². The van der Waals surface area contributed by atoms with Crippen LogP contribution in [0.15, 0.2) is 52.3 Å². The van der Waals surface area contributed by atoms with Crippen LogP contribution in [-0.4, -0.2) is 36.3 Å². The van der Waals surface area contributed by atoms with Gasteiger partial charge in [-0.3, -0.25) is 4.72 Å². The molecule has 0 amide bonds. The number of hydrogen-bond acceptors (Lipinski definition) is 6. The van der Waals surface area contributed by atoms with Gasteiger partial charge >= 0.3 is 0 Å². The van der Waals surface area contributed by atoms with Crippen LogP contribution in [0.1, 0.15) is 6.42 Å². The largest absolute Gasteiger partial charge is 0.490 e. The van der Waals surface area contributed by atoms with Gasteiger partial charge in [0.15, 0.2) is 21.3 Å². The molecule has 0 unspecified atom stereocenters. The van der Waals surface area contributed by atoms with E-state index >= 15 is 0 Å². The normalized spacial score (nSPS) is 14.6. The molecule has 1 aliphatic heterocycles. The van der Waals surface area contributed by atoms with Gasteiger partial charge in [-0.1, -0.05) is 12.1 Å². The number of sulfone groups is 1. The second-order valence-corrected chi connectivity index (χ2v) is 9.20. The third kappa shape index (κ3) is 3.88. The van der Waals surface area contributed by atoms with Gasteiger partial charge in [-0.15, -0.1) is 0 Å². The van der Waals surface area contributed by atoms with Crippen LogP contribution in [-0.2, 0) is 19.9 Å². The van der Waals surface area contributed by atoms with Crippen molar-refractivity contribution in [3.05, 3.63) is 42.5 Å². The van der Waals surface area contributed by atoms with E-state index in [1.54, 1.807) is 6.07 Å². The molecule has 0 fully saturated rings. The van der Waals surface area contributed by atoms with Gasteiger partial charge in [0.1, 0.15) is 0 Å². The standard InChI is InChI=1S/C16H17NO6S2/c1-24(18,19)16-6-3-2-5-13(16)17-25(20,21)12-7-8-14-15(11-12)23-10-4-9-22-14/h2-3,5-8,11,17H,4,9-10H2,1H3. The Morgan fingerprint density at radius 2 is 1.60 bits per heavy atom. The fraction of sp³-hybridized carbons (Fsp3) is 0.250. The third-order valence-corrected chi connectivity index (χ3v) is 6.08. The Bertz CT molecular complexity index is 999. The van der Waals surface area contributed by atoms with E-state index in [-0.39, 0.29) is 15.5 Å². The number of hydrogen-bond donors (Lipinski definition) is 1. The van der Waals surface area contributed by atoms with Crippen molar-refractivity contribution in [2.24, 2.45) is 0 Å². The van der Waals surface area contributed by atoms with Crippen LogP contribution < -0.4 is 14.2 Å². The molecule has 0 aromatic heterocycles. The lowest BCUT2D eigenvalue weighted by atomic mass is 10.3. The van der Waals surface area contributed by atoms with Gasteiger partial charge in [0.25, 0.3) is 10.0 Å². The molecule has 1 heterocycles. The van der Waals surface area contributed by atoms with Crippen molar-refractivity contribution >= 4 is 25.5 Å². The minimum absolute atomic E-state index is 0.00267. The smallest absolute Gasteiger partial charge is 0.262 e. The van der Waals surface area contributed by atoms with Crippen LogP contribution in [0.3, 0.4) is 0 Å².